The Hall–Kier alpha value is -0.820. The van der Waals surface area contributed by atoms with E-state index in [2.05, 4.69) is 38.1 Å². The van der Waals surface area contributed by atoms with Gasteiger partial charge in [-0.05, 0) is 24.3 Å². The quantitative estimate of drug-likeness (QED) is 0.568. The number of benzene rings is 1. The summed E-state index contributed by atoms with van der Waals surface area (Å²) in [5, 5.41) is 10.1. The van der Waals surface area contributed by atoms with Crippen molar-refractivity contribution in [2.45, 2.75) is 77.2 Å². The number of aliphatic hydroxyl groups excluding tert-OH is 1. The molecule has 1 rings (SSSR count). The molecule has 0 amide bonds. The zero-order valence-electron chi connectivity index (χ0n) is 12.6. The van der Waals surface area contributed by atoms with Gasteiger partial charge < -0.3 is 5.11 Å². The molecule has 2 atom stereocenters. The van der Waals surface area contributed by atoms with E-state index in [1.165, 1.54) is 44.1 Å². The summed E-state index contributed by atoms with van der Waals surface area (Å²) in [5.74, 6) is 0.455. The Labute approximate surface area is 119 Å². The fraction of sp³-hybridized carbons (Fsp3) is 0.667. The second-order valence-corrected chi connectivity index (χ2v) is 5.76. The lowest BCUT2D eigenvalue weighted by Crippen LogP contribution is -2.10. The molecule has 1 N–H and O–H groups in total. The maximum Gasteiger partial charge on any atom is 0.0546 e. The van der Waals surface area contributed by atoms with E-state index in [1.807, 2.05) is 6.07 Å². The van der Waals surface area contributed by atoms with Gasteiger partial charge in [-0.3, -0.25) is 0 Å². The van der Waals surface area contributed by atoms with Gasteiger partial charge in [0.05, 0.1) is 6.10 Å². The van der Waals surface area contributed by atoms with Crippen LogP contribution in [0.3, 0.4) is 0 Å². The van der Waals surface area contributed by atoms with Crippen molar-refractivity contribution in [1.82, 2.24) is 0 Å². The van der Waals surface area contributed by atoms with Gasteiger partial charge >= 0.3 is 0 Å². The van der Waals surface area contributed by atoms with Gasteiger partial charge in [0.1, 0.15) is 0 Å². The van der Waals surface area contributed by atoms with Crippen LogP contribution in [0.25, 0.3) is 0 Å². The van der Waals surface area contributed by atoms with Gasteiger partial charge in [-0.2, -0.15) is 0 Å². The van der Waals surface area contributed by atoms with Crippen LogP contribution in [0.5, 0.6) is 0 Å². The Morgan fingerprint density at radius 2 is 1.58 bits per heavy atom. The van der Waals surface area contributed by atoms with Crippen molar-refractivity contribution in [3.05, 3.63) is 35.9 Å². The van der Waals surface area contributed by atoms with Crippen molar-refractivity contribution in [2.75, 3.05) is 0 Å². The van der Waals surface area contributed by atoms with Gasteiger partial charge in [-0.15, -0.1) is 0 Å². The Bertz CT molecular complexity index is 307. The molecule has 1 aromatic carbocycles. The fourth-order valence-corrected chi connectivity index (χ4v) is 2.60. The predicted octanol–water partition coefficient (Wildman–Crippen LogP) is 5.29. The summed E-state index contributed by atoms with van der Waals surface area (Å²) in [6.45, 7) is 4.45. The number of hydrogen-bond donors (Lipinski definition) is 1. The first-order chi connectivity index (χ1) is 9.24. The SMILES string of the molecule is CCCCCCCCC(O)CC(C)c1ccccc1. The van der Waals surface area contributed by atoms with Gasteiger partial charge in [0.15, 0.2) is 0 Å². The van der Waals surface area contributed by atoms with Gasteiger partial charge in [-0.25, -0.2) is 0 Å². The molecule has 1 aromatic rings. The van der Waals surface area contributed by atoms with E-state index in [0.29, 0.717) is 5.92 Å². The minimum atomic E-state index is -0.138. The van der Waals surface area contributed by atoms with E-state index in [4.69, 9.17) is 0 Å². The third-order valence-electron chi connectivity index (χ3n) is 3.89. The molecule has 0 aromatic heterocycles. The van der Waals surface area contributed by atoms with Gasteiger partial charge in [-0.1, -0.05) is 82.7 Å². The van der Waals surface area contributed by atoms with Crippen molar-refractivity contribution in [3.8, 4) is 0 Å². The summed E-state index contributed by atoms with van der Waals surface area (Å²) >= 11 is 0. The summed E-state index contributed by atoms with van der Waals surface area (Å²) in [7, 11) is 0. The zero-order chi connectivity index (χ0) is 13.9. The Morgan fingerprint density at radius 3 is 2.26 bits per heavy atom. The minimum absolute atomic E-state index is 0.138. The standard InChI is InChI=1S/C18H30O/c1-3-4-5-6-7-11-14-18(19)15-16(2)17-12-9-8-10-13-17/h8-10,12-13,16,18-19H,3-7,11,14-15H2,1-2H3. The van der Waals surface area contributed by atoms with Crippen LogP contribution in [0.4, 0.5) is 0 Å². The van der Waals surface area contributed by atoms with E-state index in [0.717, 1.165) is 12.8 Å². The number of hydrogen-bond acceptors (Lipinski definition) is 1. The highest BCUT2D eigenvalue weighted by molar-refractivity contribution is 5.18. The topological polar surface area (TPSA) is 20.2 Å². The molecule has 0 saturated heterocycles. The summed E-state index contributed by atoms with van der Waals surface area (Å²) in [5.41, 5.74) is 1.34. The van der Waals surface area contributed by atoms with Crippen LogP contribution >= 0.6 is 0 Å². The Balaban J connectivity index is 2.12. The lowest BCUT2D eigenvalue weighted by atomic mass is 9.93. The van der Waals surface area contributed by atoms with Crippen molar-refractivity contribution in [2.24, 2.45) is 0 Å². The fourth-order valence-electron chi connectivity index (χ4n) is 2.60. The van der Waals surface area contributed by atoms with Crippen molar-refractivity contribution >= 4 is 0 Å². The summed E-state index contributed by atoms with van der Waals surface area (Å²) in [6.07, 6.45) is 9.50. The highest BCUT2D eigenvalue weighted by Gasteiger charge is 2.11. The monoisotopic (exact) mass is 262 g/mol. The maximum atomic E-state index is 10.1. The molecule has 0 aliphatic rings. The first-order valence-electron chi connectivity index (χ1n) is 7.97. The Kier molecular flexibility index (Phi) is 8.57. The van der Waals surface area contributed by atoms with Crippen molar-refractivity contribution in [1.29, 1.82) is 0 Å². The van der Waals surface area contributed by atoms with Crippen molar-refractivity contribution in [3.63, 3.8) is 0 Å². The smallest absolute Gasteiger partial charge is 0.0546 e. The summed E-state index contributed by atoms with van der Waals surface area (Å²) < 4.78 is 0. The number of rotatable bonds is 10. The molecule has 0 radical (unpaired) electrons. The third kappa shape index (κ3) is 7.37. The average molecular weight is 262 g/mol. The van der Waals surface area contributed by atoms with E-state index in [9.17, 15) is 5.11 Å². The first-order valence-corrected chi connectivity index (χ1v) is 7.97. The van der Waals surface area contributed by atoms with Gasteiger partial charge in [0.2, 0.25) is 0 Å². The van der Waals surface area contributed by atoms with Crippen LogP contribution in [0.2, 0.25) is 0 Å². The van der Waals surface area contributed by atoms with Crippen LogP contribution in [0.1, 0.15) is 76.7 Å². The average Bonchev–Trinajstić information content (AvgIpc) is 2.43. The van der Waals surface area contributed by atoms with Gasteiger partial charge in [0, 0.05) is 0 Å². The molecule has 2 unspecified atom stereocenters. The molecule has 1 nitrogen and oxygen atoms in total. The molecule has 0 aliphatic carbocycles. The molecule has 0 spiro atoms. The van der Waals surface area contributed by atoms with Crippen LogP contribution in [-0.4, -0.2) is 11.2 Å². The minimum Gasteiger partial charge on any atom is -0.393 e. The van der Waals surface area contributed by atoms with E-state index in [-0.39, 0.29) is 6.10 Å². The first kappa shape index (κ1) is 16.2. The summed E-state index contributed by atoms with van der Waals surface area (Å²) in [6, 6.07) is 10.5. The largest absolute Gasteiger partial charge is 0.393 e. The third-order valence-corrected chi connectivity index (χ3v) is 3.89. The molecular formula is C18H30O. The highest BCUT2D eigenvalue weighted by atomic mass is 16.3. The normalized spacial score (nSPS) is 14.3. The van der Waals surface area contributed by atoms with Crippen LogP contribution < -0.4 is 0 Å². The molecule has 0 aliphatic heterocycles. The summed E-state index contributed by atoms with van der Waals surface area (Å²) in [4.78, 5) is 0. The molecule has 108 valence electrons. The molecule has 0 heterocycles. The zero-order valence-corrected chi connectivity index (χ0v) is 12.6. The molecule has 1 heteroatoms. The van der Waals surface area contributed by atoms with E-state index < -0.39 is 0 Å². The van der Waals surface area contributed by atoms with E-state index in [1.54, 1.807) is 0 Å². The molecule has 0 fully saturated rings. The lowest BCUT2D eigenvalue weighted by molar-refractivity contribution is 0.143. The van der Waals surface area contributed by atoms with Gasteiger partial charge in [0.25, 0.3) is 0 Å². The molecular weight excluding hydrogens is 232 g/mol. The molecule has 0 bridgehead atoms. The van der Waals surface area contributed by atoms with Crippen LogP contribution in [0, 0.1) is 0 Å². The maximum absolute atomic E-state index is 10.1. The number of aliphatic hydroxyl groups is 1. The highest BCUT2D eigenvalue weighted by Crippen LogP contribution is 2.22. The predicted molar refractivity (Wildman–Crippen MR) is 83.5 cm³/mol. The lowest BCUT2D eigenvalue weighted by Gasteiger charge is -2.16. The Morgan fingerprint density at radius 1 is 0.947 bits per heavy atom. The van der Waals surface area contributed by atoms with E-state index >= 15 is 0 Å². The number of unbranched alkanes of at least 4 members (excludes halogenated alkanes) is 5. The molecule has 19 heavy (non-hydrogen) atoms. The molecule has 0 saturated carbocycles. The second-order valence-electron chi connectivity index (χ2n) is 5.76. The second kappa shape index (κ2) is 10.0. The van der Waals surface area contributed by atoms with Crippen molar-refractivity contribution < 1.29 is 5.11 Å². The van der Waals surface area contributed by atoms with Crippen LogP contribution in [0.15, 0.2) is 30.3 Å². The van der Waals surface area contributed by atoms with Crippen LogP contribution in [-0.2, 0) is 0 Å².